The first-order valence-corrected chi connectivity index (χ1v) is 9.51. The number of ether oxygens (including phenoxy) is 1. The molecule has 0 bridgehead atoms. The summed E-state index contributed by atoms with van der Waals surface area (Å²) in [7, 11) is 0. The van der Waals surface area contributed by atoms with Gasteiger partial charge in [0.15, 0.2) is 0 Å². The van der Waals surface area contributed by atoms with Gasteiger partial charge in [-0.15, -0.1) is 12.8 Å². The third-order valence-electron chi connectivity index (χ3n) is 4.13. The summed E-state index contributed by atoms with van der Waals surface area (Å²) in [6.07, 6.45) is 14.9. The highest BCUT2D eigenvalue weighted by atomic mass is 16.6. The van der Waals surface area contributed by atoms with E-state index in [1.807, 2.05) is 4.90 Å². The summed E-state index contributed by atoms with van der Waals surface area (Å²) in [6, 6.07) is 0.347. The van der Waals surface area contributed by atoms with Crippen LogP contribution >= 0.6 is 0 Å². The highest BCUT2D eigenvalue weighted by molar-refractivity contribution is 5.82. The lowest BCUT2D eigenvalue weighted by Gasteiger charge is -2.23. The lowest BCUT2D eigenvalue weighted by Crippen LogP contribution is -2.42. The Labute approximate surface area is 153 Å². The van der Waals surface area contributed by atoms with Gasteiger partial charge in [-0.1, -0.05) is 27.7 Å². The molecule has 5 heteroatoms. The topological polar surface area (TPSA) is 58.6 Å². The van der Waals surface area contributed by atoms with Crippen LogP contribution in [-0.2, 0) is 9.53 Å². The van der Waals surface area contributed by atoms with Crippen LogP contribution in [0.25, 0.3) is 0 Å². The van der Waals surface area contributed by atoms with Crippen molar-refractivity contribution in [2.45, 2.75) is 84.8 Å². The van der Waals surface area contributed by atoms with E-state index in [1.54, 1.807) is 0 Å². The molecule has 0 spiro atoms. The van der Waals surface area contributed by atoms with Crippen LogP contribution in [0.15, 0.2) is 0 Å². The fourth-order valence-electron chi connectivity index (χ4n) is 3.04. The molecule has 1 aliphatic carbocycles. The second-order valence-electron chi connectivity index (χ2n) is 7.19. The second-order valence-corrected chi connectivity index (χ2v) is 7.19. The smallest absolute Gasteiger partial charge is 0.407 e. The number of carbonyl (C=O) groups excluding carboxylic acids is 2. The lowest BCUT2D eigenvalue weighted by molar-refractivity contribution is -0.131. The van der Waals surface area contributed by atoms with Crippen LogP contribution in [0, 0.1) is 18.8 Å². The Hall–Kier alpha value is -1.70. The van der Waals surface area contributed by atoms with Gasteiger partial charge >= 0.3 is 6.09 Å². The molecule has 0 aromatic rings. The van der Waals surface area contributed by atoms with Gasteiger partial charge in [-0.3, -0.25) is 4.79 Å². The molecule has 0 aromatic heterocycles. The van der Waals surface area contributed by atoms with Crippen LogP contribution in [0.3, 0.4) is 0 Å². The number of nitrogens with zero attached hydrogens (tertiary/aromatic N) is 1. The number of hydrogen-bond donors (Lipinski definition) is 1. The molecule has 2 fully saturated rings. The standard InChI is InChI=1S/C14H24N2O3.C4H10.C2H2/c1-2-11-6-5-9-16(11)13(17)10-15-14(18)19-12-7-3-4-8-12;1-4(2)3;1-2/h11-12H,2-10H2,1H3,(H,15,18);4H,1-3H3;1-2H. The van der Waals surface area contributed by atoms with Gasteiger partial charge in [-0.25, -0.2) is 4.79 Å². The Morgan fingerprint density at radius 2 is 1.68 bits per heavy atom. The molecule has 0 aromatic carbocycles. The van der Waals surface area contributed by atoms with Crippen LogP contribution in [0.5, 0.6) is 0 Å². The number of terminal acetylenes is 1. The fourth-order valence-corrected chi connectivity index (χ4v) is 3.04. The number of hydrogen-bond acceptors (Lipinski definition) is 3. The van der Waals surface area contributed by atoms with E-state index in [9.17, 15) is 9.59 Å². The summed E-state index contributed by atoms with van der Waals surface area (Å²) in [5.74, 6) is 0.840. The van der Waals surface area contributed by atoms with E-state index < -0.39 is 6.09 Å². The van der Waals surface area contributed by atoms with Gasteiger partial charge < -0.3 is 15.0 Å². The van der Waals surface area contributed by atoms with E-state index in [-0.39, 0.29) is 18.6 Å². The van der Waals surface area contributed by atoms with E-state index in [0.717, 1.165) is 57.4 Å². The van der Waals surface area contributed by atoms with Crippen LogP contribution in [0.2, 0.25) is 0 Å². The minimum absolute atomic E-state index is 0.00715. The maximum absolute atomic E-state index is 12.0. The van der Waals surface area contributed by atoms with Crippen molar-refractivity contribution in [2.24, 2.45) is 5.92 Å². The van der Waals surface area contributed by atoms with Crippen LogP contribution in [-0.4, -0.2) is 42.1 Å². The SMILES string of the molecule is C#C.CC(C)C.CCC1CCCN1C(=O)CNC(=O)OC1CCCC1. The third kappa shape index (κ3) is 10.0. The minimum Gasteiger partial charge on any atom is -0.446 e. The number of amides is 2. The number of likely N-dealkylation sites (tertiary alicyclic amines) is 1. The highest BCUT2D eigenvalue weighted by Gasteiger charge is 2.27. The molecule has 2 aliphatic rings. The van der Waals surface area contributed by atoms with Crippen molar-refractivity contribution >= 4 is 12.0 Å². The number of alkyl carbamates (subject to hydrolysis) is 1. The molecule has 0 radical (unpaired) electrons. The van der Waals surface area contributed by atoms with Gasteiger partial charge in [0.25, 0.3) is 0 Å². The zero-order valence-electron chi connectivity index (χ0n) is 16.4. The monoisotopic (exact) mass is 352 g/mol. The first-order valence-electron chi connectivity index (χ1n) is 9.51. The van der Waals surface area contributed by atoms with Crippen molar-refractivity contribution in [3.8, 4) is 12.8 Å². The van der Waals surface area contributed by atoms with Crippen molar-refractivity contribution < 1.29 is 14.3 Å². The normalized spacial score (nSPS) is 19.5. The Morgan fingerprint density at radius 1 is 1.12 bits per heavy atom. The molecule has 1 aliphatic heterocycles. The van der Waals surface area contributed by atoms with E-state index in [0.29, 0.717) is 6.04 Å². The summed E-state index contributed by atoms with van der Waals surface area (Å²) in [5.41, 5.74) is 0. The zero-order valence-corrected chi connectivity index (χ0v) is 16.4. The van der Waals surface area contributed by atoms with Crippen molar-refractivity contribution in [1.29, 1.82) is 0 Å². The summed E-state index contributed by atoms with van der Waals surface area (Å²) in [6.45, 7) is 9.47. The predicted molar refractivity (Wildman–Crippen MR) is 102 cm³/mol. The molecule has 2 rings (SSSR count). The molecule has 1 heterocycles. The number of carbonyl (C=O) groups is 2. The van der Waals surface area contributed by atoms with Crippen molar-refractivity contribution in [2.75, 3.05) is 13.1 Å². The van der Waals surface area contributed by atoms with E-state index in [1.165, 1.54) is 0 Å². The molecule has 1 atom stereocenters. The Bertz CT molecular complexity index is 398. The minimum atomic E-state index is -0.451. The molecular formula is C20H36N2O3. The number of nitrogens with one attached hydrogen (secondary N) is 1. The second kappa shape index (κ2) is 13.6. The Balaban J connectivity index is 0.000000845. The molecule has 25 heavy (non-hydrogen) atoms. The van der Waals surface area contributed by atoms with Crippen molar-refractivity contribution in [1.82, 2.24) is 10.2 Å². The average Bonchev–Trinajstić information content (AvgIpc) is 3.25. The van der Waals surface area contributed by atoms with E-state index in [4.69, 9.17) is 4.74 Å². The number of rotatable bonds is 4. The predicted octanol–water partition coefficient (Wildman–Crippen LogP) is 3.97. The largest absolute Gasteiger partial charge is 0.446 e. The maximum Gasteiger partial charge on any atom is 0.407 e. The first-order chi connectivity index (χ1) is 11.9. The molecule has 144 valence electrons. The van der Waals surface area contributed by atoms with Crippen LogP contribution in [0.1, 0.15) is 72.6 Å². The Morgan fingerprint density at radius 3 is 2.20 bits per heavy atom. The molecule has 5 nitrogen and oxygen atoms in total. The summed E-state index contributed by atoms with van der Waals surface area (Å²) < 4.78 is 5.26. The highest BCUT2D eigenvalue weighted by Crippen LogP contribution is 2.21. The molecule has 1 unspecified atom stereocenters. The molecule has 1 saturated heterocycles. The maximum atomic E-state index is 12.0. The van der Waals surface area contributed by atoms with Gasteiger partial charge in [0.1, 0.15) is 12.6 Å². The summed E-state index contributed by atoms with van der Waals surface area (Å²) >= 11 is 0. The first kappa shape index (κ1) is 23.3. The quantitative estimate of drug-likeness (QED) is 0.779. The van der Waals surface area contributed by atoms with Crippen molar-refractivity contribution in [3.63, 3.8) is 0 Å². The lowest BCUT2D eigenvalue weighted by atomic mass is 10.2. The van der Waals surface area contributed by atoms with Gasteiger partial charge in [-0.05, 0) is 50.9 Å². The summed E-state index contributed by atoms with van der Waals surface area (Å²) in [5, 5.41) is 2.58. The van der Waals surface area contributed by atoms with Gasteiger partial charge in [0.2, 0.25) is 5.91 Å². The summed E-state index contributed by atoms with van der Waals surface area (Å²) in [4.78, 5) is 25.5. The molecule has 1 N–H and O–H groups in total. The van der Waals surface area contributed by atoms with Gasteiger partial charge in [-0.2, -0.15) is 0 Å². The fraction of sp³-hybridized carbons (Fsp3) is 0.800. The van der Waals surface area contributed by atoms with Gasteiger partial charge in [0, 0.05) is 12.6 Å². The van der Waals surface area contributed by atoms with Crippen molar-refractivity contribution in [3.05, 3.63) is 0 Å². The van der Waals surface area contributed by atoms with Crippen LogP contribution in [0.4, 0.5) is 4.79 Å². The molecule has 1 saturated carbocycles. The van der Waals surface area contributed by atoms with E-state index in [2.05, 4.69) is 45.9 Å². The third-order valence-corrected chi connectivity index (χ3v) is 4.13. The zero-order chi connectivity index (χ0) is 19.2. The average molecular weight is 353 g/mol. The van der Waals surface area contributed by atoms with E-state index >= 15 is 0 Å². The van der Waals surface area contributed by atoms with Crippen LogP contribution < -0.4 is 5.32 Å². The Kier molecular flexibility index (Phi) is 12.7. The molecule has 2 amide bonds. The molecular weight excluding hydrogens is 316 g/mol. The van der Waals surface area contributed by atoms with Gasteiger partial charge in [0.05, 0.1) is 0 Å².